The van der Waals surface area contributed by atoms with Gasteiger partial charge in [0.15, 0.2) is 13.1 Å². The molecule has 1 unspecified atom stereocenters. The summed E-state index contributed by atoms with van der Waals surface area (Å²) in [5.74, 6) is 0.539. The van der Waals surface area contributed by atoms with Crippen LogP contribution in [-0.2, 0) is 9.59 Å². The number of hydrogen-bond donors (Lipinski definition) is 3. The number of carbonyl (C=O) groups is 2. The number of hydrogen-bond acceptors (Lipinski definition) is 3. The first-order valence-corrected chi connectivity index (χ1v) is 8.07. The molecule has 1 aromatic carbocycles. The summed E-state index contributed by atoms with van der Waals surface area (Å²) >= 11 is 0. The van der Waals surface area contributed by atoms with Crippen LogP contribution < -0.4 is 20.3 Å². The minimum Gasteiger partial charge on any atom is -0.497 e. The molecule has 0 aliphatic heterocycles. The largest absolute Gasteiger partial charge is 0.497 e. The zero-order valence-electron chi connectivity index (χ0n) is 14.3. The van der Waals surface area contributed by atoms with Crippen molar-refractivity contribution in [2.75, 3.05) is 39.1 Å². The van der Waals surface area contributed by atoms with E-state index < -0.39 is 0 Å². The highest BCUT2D eigenvalue weighted by Crippen LogP contribution is 2.16. The zero-order chi connectivity index (χ0) is 17.1. The van der Waals surface area contributed by atoms with Crippen LogP contribution >= 0.6 is 0 Å². The number of quaternary nitrogens is 1. The van der Waals surface area contributed by atoms with Gasteiger partial charge in [-0.3, -0.25) is 9.59 Å². The summed E-state index contributed by atoms with van der Waals surface area (Å²) < 4.78 is 5.12. The van der Waals surface area contributed by atoms with Gasteiger partial charge in [0.25, 0.3) is 11.8 Å². The van der Waals surface area contributed by atoms with Gasteiger partial charge in [-0.1, -0.05) is 25.8 Å². The number of methoxy groups -OCH3 is 1. The lowest BCUT2D eigenvalue weighted by Gasteiger charge is -2.14. The number of amides is 2. The molecule has 0 spiro atoms. The van der Waals surface area contributed by atoms with Crippen LogP contribution in [0.5, 0.6) is 5.75 Å². The van der Waals surface area contributed by atoms with E-state index >= 15 is 0 Å². The van der Waals surface area contributed by atoms with E-state index in [0.717, 1.165) is 24.2 Å². The number of ether oxygens (including phenoxy) is 1. The maximum Gasteiger partial charge on any atom is 0.279 e. The molecule has 1 atom stereocenters. The van der Waals surface area contributed by atoms with Crippen molar-refractivity contribution in [2.24, 2.45) is 0 Å². The summed E-state index contributed by atoms with van der Waals surface area (Å²) in [4.78, 5) is 24.6. The molecule has 0 radical (unpaired) electrons. The lowest BCUT2D eigenvalue weighted by Crippen LogP contribution is -3.11. The van der Waals surface area contributed by atoms with Crippen LogP contribution in [0.25, 0.3) is 0 Å². The van der Waals surface area contributed by atoms with E-state index in [9.17, 15) is 9.59 Å². The Balaban J connectivity index is 2.31. The summed E-state index contributed by atoms with van der Waals surface area (Å²) in [5, 5.41) is 5.69. The molecular weight excluding hydrogens is 294 g/mol. The van der Waals surface area contributed by atoms with Gasteiger partial charge in [-0.15, -0.1) is 0 Å². The Morgan fingerprint density at radius 2 is 1.91 bits per heavy atom. The number of unbranched alkanes of at least 4 members (excludes halogenated alkanes) is 2. The second-order valence-corrected chi connectivity index (χ2v) is 5.65. The van der Waals surface area contributed by atoms with Crippen LogP contribution in [0, 0.1) is 0 Å². The first-order chi connectivity index (χ1) is 11.0. The normalized spacial score (nSPS) is 11.6. The minimum atomic E-state index is -0.130. The average Bonchev–Trinajstić information content (AvgIpc) is 2.51. The third kappa shape index (κ3) is 8.21. The standard InChI is InChI=1S/C17H27N3O3/c1-4-5-6-10-18-16(21)12-20(2)13-17(22)19-14-8-7-9-15(11-14)23-3/h7-9,11H,4-6,10,12-13H2,1-3H3,(H,18,21)(H,19,22)/p+1. The second kappa shape index (κ2) is 10.6. The highest BCUT2D eigenvalue weighted by atomic mass is 16.5. The van der Waals surface area contributed by atoms with Crippen LogP contribution in [0.2, 0.25) is 0 Å². The Labute approximate surface area is 138 Å². The third-order valence-electron chi connectivity index (χ3n) is 3.38. The molecule has 0 aliphatic carbocycles. The number of likely N-dealkylation sites (N-methyl/N-ethyl adjacent to an activating group) is 1. The van der Waals surface area contributed by atoms with Gasteiger partial charge in [-0.25, -0.2) is 0 Å². The lowest BCUT2D eigenvalue weighted by molar-refractivity contribution is -0.862. The topological polar surface area (TPSA) is 71.9 Å². The molecule has 0 aromatic heterocycles. The van der Waals surface area contributed by atoms with E-state index in [-0.39, 0.29) is 24.9 Å². The maximum atomic E-state index is 12.0. The van der Waals surface area contributed by atoms with Gasteiger partial charge in [-0.05, 0) is 18.6 Å². The van der Waals surface area contributed by atoms with Crippen LogP contribution in [0.3, 0.4) is 0 Å². The molecule has 23 heavy (non-hydrogen) atoms. The summed E-state index contributed by atoms with van der Waals surface area (Å²) in [6.45, 7) is 3.36. The SMILES string of the molecule is CCCCCNC(=O)C[NH+](C)CC(=O)Nc1cccc(OC)c1. The molecule has 0 aliphatic rings. The van der Waals surface area contributed by atoms with E-state index in [1.807, 2.05) is 19.2 Å². The fraction of sp³-hybridized carbons (Fsp3) is 0.529. The van der Waals surface area contributed by atoms with Crippen molar-refractivity contribution in [1.29, 1.82) is 0 Å². The van der Waals surface area contributed by atoms with Gasteiger partial charge in [0.2, 0.25) is 0 Å². The Bertz CT molecular complexity index is 506. The highest BCUT2D eigenvalue weighted by Gasteiger charge is 2.14. The van der Waals surface area contributed by atoms with Crippen LogP contribution in [0.1, 0.15) is 26.2 Å². The van der Waals surface area contributed by atoms with Gasteiger partial charge in [0, 0.05) is 18.3 Å². The molecule has 0 heterocycles. The monoisotopic (exact) mass is 322 g/mol. The number of anilines is 1. The second-order valence-electron chi connectivity index (χ2n) is 5.65. The summed E-state index contributed by atoms with van der Waals surface area (Å²) in [6, 6.07) is 7.19. The van der Waals surface area contributed by atoms with Crippen LogP contribution in [-0.4, -0.2) is 45.6 Å². The van der Waals surface area contributed by atoms with E-state index in [2.05, 4.69) is 17.6 Å². The fourth-order valence-corrected chi connectivity index (χ4v) is 2.18. The Morgan fingerprint density at radius 3 is 2.61 bits per heavy atom. The molecular formula is C17H28N3O3+. The molecule has 6 nitrogen and oxygen atoms in total. The Hall–Kier alpha value is -2.08. The van der Waals surface area contributed by atoms with Gasteiger partial charge in [-0.2, -0.15) is 0 Å². The Morgan fingerprint density at radius 1 is 1.17 bits per heavy atom. The maximum absolute atomic E-state index is 12.0. The minimum absolute atomic E-state index is 0.0206. The Kier molecular flexibility index (Phi) is 8.75. The van der Waals surface area contributed by atoms with Gasteiger partial charge < -0.3 is 20.3 Å². The number of nitrogens with one attached hydrogen (secondary N) is 3. The zero-order valence-corrected chi connectivity index (χ0v) is 14.3. The third-order valence-corrected chi connectivity index (χ3v) is 3.38. The van der Waals surface area contributed by atoms with E-state index in [1.165, 1.54) is 0 Å². The summed E-state index contributed by atoms with van der Waals surface area (Å²) in [5.41, 5.74) is 0.686. The molecule has 0 bridgehead atoms. The number of carbonyl (C=O) groups excluding carboxylic acids is 2. The molecule has 2 amide bonds. The van der Waals surface area contributed by atoms with E-state index in [1.54, 1.807) is 19.2 Å². The summed E-state index contributed by atoms with van der Waals surface area (Å²) in [6.07, 6.45) is 3.25. The van der Waals surface area contributed by atoms with Crippen molar-refractivity contribution in [3.05, 3.63) is 24.3 Å². The lowest BCUT2D eigenvalue weighted by atomic mass is 10.2. The van der Waals surface area contributed by atoms with Gasteiger partial charge >= 0.3 is 0 Å². The number of rotatable bonds is 10. The van der Waals surface area contributed by atoms with Crippen molar-refractivity contribution in [3.8, 4) is 5.75 Å². The molecule has 1 rings (SSSR count). The van der Waals surface area contributed by atoms with E-state index in [0.29, 0.717) is 18.0 Å². The van der Waals surface area contributed by atoms with Crippen LogP contribution in [0.4, 0.5) is 5.69 Å². The first-order valence-electron chi connectivity index (χ1n) is 8.07. The van der Waals surface area contributed by atoms with Gasteiger partial charge in [0.1, 0.15) is 5.75 Å². The number of benzene rings is 1. The van der Waals surface area contributed by atoms with Crippen molar-refractivity contribution in [3.63, 3.8) is 0 Å². The highest BCUT2D eigenvalue weighted by molar-refractivity contribution is 5.91. The molecule has 0 fully saturated rings. The molecule has 0 saturated heterocycles. The van der Waals surface area contributed by atoms with Crippen LogP contribution in [0.15, 0.2) is 24.3 Å². The summed E-state index contributed by atoms with van der Waals surface area (Å²) in [7, 11) is 3.41. The molecule has 128 valence electrons. The molecule has 0 saturated carbocycles. The van der Waals surface area contributed by atoms with E-state index in [4.69, 9.17) is 4.74 Å². The molecule has 3 N–H and O–H groups in total. The smallest absolute Gasteiger partial charge is 0.279 e. The first kappa shape index (κ1) is 19.0. The average molecular weight is 322 g/mol. The predicted octanol–water partition coefficient (Wildman–Crippen LogP) is 0.455. The molecule has 6 heteroatoms. The van der Waals surface area contributed by atoms with Crippen molar-refractivity contribution in [1.82, 2.24) is 5.32 Å². The van der Waals surface area contributed by atoms with Gasteiger partial charge in [0.05, 0.1) is 14.2 Å². The quantitative estimate of drug-likeness (QED) is 0.548. The van der Waals surface area contributed by atoms with Crippen molar-refractivity contribution in [2.45, 2.75) is 26.2 Å². The fourth-order valence-electron chi connectivity index (χ4n) is 2.18. The molecule has 1 aromatic rings. The van der Waals surface area contributed by atoms with Crippen molar-refractivity contribution >= 4 is 17.5 Å². The van der Waals surface area contributed by atoms with Crippen molar-refractivity contribution < 1.29 is 19.2 Å². The predicted molar refractivity (Wildman–Crippen MR) is 90.8 cm³/mol.